The number of aromatic nitrogens is 2. The second-order valence-electron chi connectivity index (χ2n) is 7.56. The number of hydrogen-bond donors (Lipinski definition) is 0. The molecule has 1 amide bonds. The molecule has 0 aliphatic heterocycles. The fourth-order valence-corrected chi connectivity index (χ4v) is 3.43. The number of carbonyl (C=O) groups is 1. The van der Waals surface area contributed by atoms with Crippen molar-refractivity contribution in [2.45, 2.75) is 52.3 Å². The van der Waals surface area contributed by atoms with Crippen LogP contribution < -0.4 is 4.74 Å². The van der Waals surface area contributed by atoms with E-state index in [1.165, 1.54) is 5.56 Å². The van der Waals surface area contributed by atoms with Gasteiger partial charge >= 0.3 is 0 Å². The van der Waals surface area contributed by atoms with Gasteiger partial charge in [-0.15, -0.1) is 0 Å². The Hall–Kier alpha value is -2.82. The molecule has 0 saturated heterocycles. The maximum absolute atomic E-state index is 12.9. The van der Waals surface area contributed by atoms with Gasteiger partial charge in [0.25, 0.3) is 5.91 Å². The van der Waals surface area contributed by atoms with E-state index in [0.717, 1.165) is 24.2 Å². The van der Waals surface area contributed by atoms with Crippen molar-refractivity contribution in [1.82, 2.24) is 14.3 Å². The van der Waals surface area contributed by atoms with Crippen LogP contribution in [-0.4, -0.2) is 32.3 Å². The molecule has 1 aromatic carbocycles. The Kier molecular flexibility index (Phi) is 4.60. The van der Waals surface area contributed by atoms with E-state index in [2.05, 4.69) is 25.8 Å². The van der Waals surface area contributed by atoms with Gasteiger partial charge in [0, 0.05) is 30.0 Å². The number of aryl methyl sites for hydroxylation is 1. The lowest BCUT2D eigenvalue weighted by molar-refractivity contribution is 0.0689. The molecular weight excluding hydrogens is 338 g/mol. The summed E-state index contributed by atoms with van der Waals surface area (Å²) in [4.78, 5) is 19.5. The molecule has 0 atom stereocenters. The average Bonchev–Trinajstić information content (AvgIpc) is 3.38. The molecule has 1 fully saturated rings. The SMILES string of the molecule is Cc1ccc2nc(COc3cccc(C(=O)N(C(C)C)C4CC4)c3)cn2c1. The fraction of sp³-hybridized carbons (Fsp3) is 0.364. The molecule has 2 aromatic heterocycles. The molecule has 0 N–H and O–H groups in total. The number of benzene rings is 1. The minimum Gasteiger partial charge on any atom is -0.487 e. The maximum atomic E-state index is 12.9. The summed E-state index contributed by atoms with van der Waals surface area (Å²) in [7, 11) is 0. The van der Waals surface area contributed by atoms with Crippen molar-refractivity contribution in [1.29, 1.82) is 0 Å². The number of carbonyl (C=O) groups excluding carboxylic acids is 1. The van der Waals surface area contributed by atoms with E-state index >= 15 is 0 Å². The van der Waals surface area contributed by atoms with Crippen molar-refractivity contribution in [2.24, 2.45) is 0 Å². The third-order valence-electron chi connectivity index (χ3n) is 4.85. The molecule has 27 heavy (non-hydrogen) atoms. The minimum atomic E-state index is 0.0844. The van der Waals surface area contributed by atoms with Crippen LogP contribution in [0.4, 0.5) is 0 Å². The number of amides is 1. The van der Waals surface area contributed by atoms with Gasteiger partial charge in [0.2, 0.25) is 0 Å². The van der Waals surface area contributed by atoms with Crippen LogP contribution in [0.1, 0.15) is 48.3 Å². The highest BCUT2D eigenvalue weighted by molar-refractivity contribution is 5.95. The third-order valence-corrected chi connectivity index (χ3v) is 4.85. The first kappa shape index (κ1) is 17.6. The van der Waals surface area contributed by atoms with E-state index in [9.17, 15) is 4.79 Å². The highest BCUT2D eigenvalue weighted by Gasteiger charge is 2.34. The van der Waals surface area contributed by atoms with E-state index in [-0.39, 0.29) is 11.9 Å². The summed E-state index contributed by atoms with van der Waals surface area (Å²) in [6, 6.07) is 12.1. The normalized spacial score (nSPS) is 13.9. The van der Waals surface area contributed by atoms with Crippen molar-refractivity contribution in [2.75, 3.05) is 0 Å². The number of fused-ring (bicyclic) bond motifs is 1. The Labute approximate surface area is 159 Å². The second kappa shape index (κ2) is 7.06. The van der Waals surface area contributed by atoms with Crippen LogP contribution >= 0.6 is 0 Å². The lowest BCUT2D eigenvalue weighted by atomic mass is 10.1. The maximum Gasteiger partial charge on any atom is 0.254 e. The van der Waals surface area contributed by atoms with Crippen LogP contribution in [0.15, 0.2) is 48.8 Å². The van der Waals surface area contributed by atoms with E-state index < -0.39 is 0 Å². The lowest BCUT2D eigenvalue weighted by Gasteiger charge is -2.26. The summed E-state index contributed by atoms with van der Waals surface area (Å²) in [6.45, 7) is 6.57. The van der Waals surface area contributed by atoms with Crippen LogP contribution in [-0.2, 0) is 6.61 Å². The zero-order valence-electron chi connectivity index (χ0n) is 16.1. The van der Waals surface area contributed by atoms with Gasteiger partial charge in [0.15, 0.2) is 0 Å². The molecule has 0 bridgehead atoms. The minimum absolute atomic E-state index is 0.0844. The van der Waals surface area contributed by atoms with Crippen molar-refractivity contribution in [3.05, 3.63) is 65.6 Å². The lowest BCUT2D eigenvalue weighted by Crippen LogP contribution is -2.38. The molecule has 4 rings (SSSR count). The first-order valence-electron chi connectivity index (χ1n) is 9.51. The third kappa shape index (κ3) is 3.82. The number of ether oxygens (including phenoxy) is 1. The summed E-state index contributed by atoms with van der Waals surface area (Å²) < 4.78 is 7.92. The van der Waals surface area contributed by atoms with E-state index in [1.807, 2.05) is 58.1 Å². The Morgan fingerprint density at radius 2 is 2.07 bits per heavy atom. The van der Waals surface area contributed by atoms with E-state index in [4.69, 9.17) is 4.74 Å². The highest BCUT2D eigenvalue weighted by atomic mass is 16.5. The van der Waals surface area contributed by atoms with Crippen molar-refractivity contribution >= 4 is 11.6 Å². The summed E-state index contributed by atoms with van der Waals surface area (Å²) in [5.74, 6) is 0.773. The number of hydrogen-bond acceptors (Lipinski definition) is 3. The molecule has 2 heterocycles. The fourth-order valence-electron chi connectivity index (χ4n) is 3.43. The molecule has 0 radical (unpaired) electrons. The monoisotopic (exact) mass is 363 g/mol. The zero-order valence-corrected chi connectivity index (χ0v) is 16.1. The molecule has 3 aromatic rings. The van der Waals surface area contributed by atoms with Gasteiger partial charge in [-0.2, -0.15) is 0 Å². The van der Waals surface area contributed by atoms with Crippen molar-refractivity contribution in [3.8, 4) is 5.75 Å². The highest BCUT2D eigenvalue weighted by Crippen LogP contribution is 2.30. The largest absolute Gasteiger partial charge is 0.487 e. The topological polar surface area (TPSA) is 46.8 Å². The Morgan fingerprint density at radius 1 is 1.26 bits per heavy atom. The molecule has 1 saturated carbocycles. The van der Waals surface area contributed by atoms with Gasteiger partial charge in [-0.3, -0.25) is 4.79 Å². The average molecular weight is 363 g/mol. The first-order valence-corrected chi connectivity index (χ1v) is 9.51. The molecule has 0 unspecified atom stereocenters. The van der Waals surface area contributed by atoms with Crippen LogP contribution in [0.5, 0.6) is 5.75 Å². The predicted octanol–water partition coefficient (Wildman–Crippen LogP) is 4.23. The van der Waals surface area contributed by atoms with Gasteiger partial charge < -0.3 is 14.0 Å². The standard InChI is InChI=1S/C22H25N3O2/c1-15(2)25(19-8-9-19)22(26)17-5-4-6-20(11-17)27-14-18-13-24-12-16(3)7-10-21(24)23-18/h4-7,10-13,15,19H,8-9,14H2,1-3H3. The van der Waals surface area contributed by atoms with Gasteiger partial charge in [-0.1, -0.05) is 12.1 Å². The van der Waals surface area contributed by atoms with E-state index in [0.29, 0.717) is 24.0 Å². The number of pyridine rings is 1. The Balaban J connectivity index is 1.47. The number of imidazole rings is 1. The van der Waals surface area contributed by atoms with Gasteiger partial charge in [0.05, 0.1) is 5.69 Å². The van der Waals surface area contributed by atoms with Gasteiger partial charge in [0.1, 0.15) is 18.0 Å². The molecule has 5 nitrogen and oxygen atoms in total. The second-order valence-corrected chi connectivity index (χ2v) is 7.56. The zero-order chi connectivity index (χ0) is 19.0. The van der Waals surface area contributed by atoms with Crippen LogP contribution in [0.25, 0.3) is 5.65 Å². The van der Waals surface area contributed by atoms with Gasteiger partial charge in [-0.25, -0.2) is 4.98 Å². The summed E-state index contributed by atoms with van der Waals surface area (Å²) in [5.41, 5.74) is 3.63. The summed E-state index contributed by atoms with van der Waals surface area (Å²) >= 11 is 0. The Bertz CT molecular complexity index is 971. The predicted molar refractivity (Wildman–Crippen MR) is 105 cm³/mol. The van der Waals surface area contributed by atoms with Crippen LogP contribution in [0, 0.1) is 6.92 Å². The summed E-state index contributed by atoms with van der Waals surface area (Å²) in [6.07, 6.45) is 6.23. The number of nitrogens with zero attached hydrogens (tertiary/aromatic N) is 3. The molecule has 140 valence electrons. The van der Waals surface area contributed by atoms with Gasteiger partial charge in [-0.05, 0) is 63.4 Å². The molecule has 1 aliphatic rings. The smallest absolute Gasteiger partial charge is 0.254 e. The van der Waals surface area contributed by atoms with Crippen LogP contribution in [0.2, 0.25) is 0 Å². The van der Waals surface area contributed by atoms with Crippen molar-refractivity contribution in [3.63, 3.8) is 0 Å². The molecule has 1 aliphatic carbocycles. The van der Waals surface area contributed by atoms with Crippen molar-refractivity contribution < 1.29 is 9.53 Å². The van der Waals surface area contributed by atoms with E-state index in [1.54, 1.807) is 0 Å². The summed E-state index contributed by atoms with van der Waals surface area (Å²) in [5, 5.41) is 0. The molecule has 5 heteroatoms. The quantitative estimate of drug-likeness (QED) is 0.658. The number of rotatable bonds is 6. The Morgan fingerprint density at radius 3 is 2.81 bits per heavy atom. The molecule has 0 spiro atoms. The molecular formula is C22H25N3O2. The van der Waals surface area contributed by atoms with Crippen LogP contribution in [0.3, 0.4) is 0 Å². The first-order chi connectivity index (χ1) is 13.0.